The Bertz CT molecular complexity index is 443. The average Bonchev–Trinajstić information content (AvgIpc) is 2.38. The van der Waals surface area contributed by atoms with Crippen LogP contribution in [0.25, 0.3) is 0 Å². The topological polar surface area (TPSA) is 12.0 Å². The van der Waals surface area contributed by atoms with Crippen molar-refractivity contribution in [3.05, 3.63) is 29.3 Å². The van der Waals surface area contributed by atoms with E-state index in [0.717, 1.165) is 18.4 Å². The zero-order valence-electron chi connectivity index (χ0n) is 13.6. The number of rotatable bonds is 4. The molecule has 1 fully saturated rings. The molecule has 2 heteroatoms. The summed E-state index contributed by atoms with van der Waals surface area (Å²) in [6.45, 7) is 12.6. The lowest BCUT2D eigenvalue weighted by Crippen LogP contribution is -2.46. The summed E-state index contributed by atoms with van der Waals surface area (Å²) in [6.07, 6.45) is 2.69. The minimum absolute atomic E-state index is 0.656. The molecule has 4 atom stereocenters. The lowest BCUT2D eigenvalue weighted by atomic mass is 9.80. The molecule has 1 aromatic rings. The number of benzene rings is 1. The molecule has 2 rings (SSSR count). The second-order valence-electron chi connectivity index (χ2n) is 6.57. The molecule has 1 aliphatic carbocycles. The Morgan fingerprint density at radius 2 is 1.95 bits per heavy atom. The van der Waals surface area contributed by atoms with Crippen LogP contribution in [0.4, 0.5) is 0 Å². The predicted molar refractivity (Wildman–Crippen MR) is 90.6 cm³/mol. The minimum atomic E-state index is 0.656. The first-order valence-corrected chi connectivity index (χ1v) is 8.86. The maximum atomic E-state index is 3.73. The van der Waals surface area contributed by atoms with Gasteiger partial charge in [-0.2, -0.15) is 0 Å². The van der Waals surface area contributed by atoms with Gasteiger partial charge < -0.3 is 5.32 Å². The van der Waals surface area contributed by atoms with Crippen molar-refractivity contribution in [2.75, 3.05) is 6.54 Å². The minimum Gasteiger partial charge on any atom is -0.313 e. The molecule has 1 aromatic carbocycles. The Labute approximate surface area is 128 Å². The molecule has 1 aliphatic rings. The molecular formula is C18H29NS. The Kier molecular flexibility index (Phi) is 5.57. The van der Waals surface area contributed by atoms with Gasteiger partial charge in [-0.25, -0.2) is 0 Å². The van der Waals surface area contributed by atoms with Gasteiger partial charge in [0.2, 0.25) is 0 Å². The molecule has 0 amide bonds. The van der Waals surface area contributed by atoms with E-state index in [-0.39, 0.29) is 0 Å². The van der Waals surface area contributed by atoms with E-state index >= 15 is 0 Å². The van der Waals surface area contributed by atoms with E-state index in [2.05, 4.69) is 69.9 Å². The first kappa shape index (κ1) is 15.9. The van der Waals surface area contributed by atoms with Crippen molar-refractivity contribution in [2.24, 2.45) is 11.8 Å². The fourth-order valence-corrected chi connectivity index (χ4v) is 4.99. The molecule has 112 valence electrons. The van der Waals surface area contributed by atoms with Crippen LogP contribution in [0.15, 0.2) is 23.1 Å². The fraction of sp³-hybridized carbons (Fsp3) is 0.667. The largest absolute Gasteiger partial charge is 0.313 e. The molecule has 0 aliphatic heterocycles. The smallest absolute Gasteiger partial charge is 0.0274 e. The standard InChI is InChI=1S/C18H29NS/c1-6-19-16-10-13(3)9-15(5)18(16)20-17-11-12(2)7-8-14(17)4/h7-8,11,13,15-16,18-19H,6,9-10H2,1-5H3. The van der Waals surface area contributed by atoms with E-state index in [4.69, 9.17) is 0 Å². The number of nitrogens with one attached hydrogen (secondary N) is 1. The highest BCUT2D eigenvalue weighted by molar-refractivity contribution is 8.00. The summed E-state index contributed by atoms with van der Waals surface area (Å²) in [4.78, 5) is 1.47. The fourth-order valence-electron chi connectivity index (χ4n) is 3.47. The second-order valence-corrected chi connectivity index (χ2v) is 7.79. The molecule has 0 radical (unpaired) electrons. The Morgan fingerprint density at radius 3 is 2.65 bits per heavy atom. The molecule has 4 unspecified atom stereocenters. The van der Waals surface area contributed by atoms with Gasteiger partial charge in [0.25, 0.3) is 0 Å². The first-order chi connectivity index (χ1) is 9.51. The predicted octanol–water partition coefficient (Wildman–Crippen LogP) is 4.81. The second kappa shape index (κ2) is 7.00. The van der Waals surface area contributed by atoms with Crippen LogP contribution < -0.4 is 5.32 Å². The van der Waals surface area contributed by atoms with Gasteiger partial charge in [-0.3, -0.25) is 0 Å². The quantitative estimate of drug-likeness (QED) is 0.854. The Balaban J connectivity index is 2.17. The van der Waals surface area contributed by atoms with Crippen LogP contribution in [0.3, 0.4) is 0 Å². The SMILES string of the molecule is CCNC1CC(C)CC(C)C1Sc1cc(C)ccc1C. The van der Waals surface area contributed by atoms with E-state index in [0.29, 0.717) is 11.3 Å². The van der Waals surface area contributed by atoms with E-state index in [9.17, 15) is 0 Å². The molecule has 1 N–H and O–H groups in total. The summed E-state index contributed by atoms with van der Waals surface area (Å²) in [7, 11) is 0. The summed E-state index contributed by atoms with van der Waals surface area (Å²) in [5.41, 5.74) is 2.79. The van der Waals surface area contributed by atoms with Gasteiger partial charge in [0.15, 0.2) is 0 Å². The van der Waals surface area contributed by atoms with Gasteiger partial charge in [0.1, 0.15) is 0 Å². The van der Waals surface area contributed by atoms with Gasteiger partial charge in [-0.15, -0.1) is 11.8 Å². The molecule has 1 saturated carbocycles. The number of thioether (sulfide) groups is 1. The van der Waals surface area contributed by atoms with E-state index < -0.39 is 0 Å². The summed E-state index contributed by atoms with van der Waals surface area (Å²) in [5.74, 6) is 1.64. The Hall–Kier alpha value is -0.470. The number of hydrogen-bond donors (Lipinski definition) is 1. The normalized spacial score (nSPS) is 30.4. The van der Waals surface area contributed by atoms with Gasteiger partial charge >= 0.3 is 0 Å². The van der Waals surface area contributed by atoms with Gasteiger partial charge in [0.05, 0.1) is 0 Å². The van der Waals surface area contributed by atoms with Gasteiger partial charge in [-0.1, -0.05) is 38.5 Å². The van der Waals surface area contributed by atoms with Crippen LogP contribution in [0.1, 0.15) is 44.7 Å². The molecule has 0 saturated heterocycles. The van der Waals surface area contributed by atoms with Crippen LogP contribution in [0.2, 0.25) is 0 Å². The van der Waals surface area contributed by atoms with Crippen LogP contribution in [-0.4, -0.2) is 17.8 Å². The third-order valence-electron chi connectivity index (χ3n) is 4.46. The maximum Gasteiger partial charge on any atom is 0.0274 e. The number of hydrogen-bond acceptors (Lipinski definition) is 2. The molecule has 0 bridgehead atoms. The highest BCUT2D eigenvalue weighted by atomic mass is 32.2. The van der Waals surface area contributed by atoms with Crippen molar-refractivity contribution in [1.82, 2.24) is 5.32 Å². The summed E-state index contributed by atoms with van der Waals surface area (Å²) < 4.78 is 0. The van der Waals surface area contributed by atoms with Crippen LogP contribution >= 0.6 is 11.8 Å². The van der Waals surface area contributed by atoms with Gasteiger partial charge in [0, 0.05) is 16.2 Å². The lowest BCUT2D eigenvalue weighted by molar-refractivity contribution is 0.251. The maximum absolute atomic E-state index is 3.73. The highest BCUT2D eigenvalue weighted by Crippen LogP contribution is 2.40. The van der Waals surface area contributed by atoms with E-state index in [1.165, 1.54) is 28.9 Å². The molecule has 0 heterocycles. The Morgan fingerprint density at radius 1 is 1.20 bits per heavy atom. The lowest BCUT2D eigenvalue weighted by Gasteiger charge is -2.40. The van der Waals surface area contributed by atoms with E-state index in [1.54, 1.807) is 0 Å². The third kappa shape index (κ3) is 3.79. The van der Waals surface area contributed by atoms with Crippen molar-refractivity contribution in [1.29, 1.82) is 0 Å². The van der Waals surface area contributed by atoms with Crippen molar-refractivity contribution in [3.63, 3.8) is 0 Å². The monoisotopic (exact) mass is 291 g/mol. The summed E-state index contributed by atoms with van der Waals surface area (Å²) in [5, 5.41) is 4.43. The molecule has 0 spiro atoms. The molecule has 0 aromatic heterocycles. The highest BCUT2D eigenvalue weighted by Gasteiger charge is 2.34. The summed E-state index contributed by atoms with van der Waals surface area (Å²) >= 11 is 2.10. The van der Waals surface area contributed by atoms with Crippen molar-refractivity contribution < 1.29 is 0 Å². The van der Waals surface area contributed by atoms with Crippen LogP contribution in [-0.2, 0) is 0 Å². The zero-order valence-corrected chi connectivity index (χ0v) is 14.4. The first-order valence-electron chi connectivity index (χ1n) is 7.98. The van der Waals surface area contributed by atoms with Crippen LogP contribution in [0.5, 0.6) is 0 Å². The zero-order chi connectivity index (χ0) is 14.7. The van der Waals surface area contributed by atoms with Gasteiger partial charge in [-0.05, 0) is 56.7 Å². The van der Waals surface area contributed by atoms with Crippen molar-refractivity contribution in [3.8, 4) is 0 Å². The number of aryl methyl sites for hydroxylation is 2. The van der Waals surface area contributed by atoms with Crippen molar-refractivity contribution in [2.45, 2.75) is 63.6 Å². The molecule has 20 heavy (non-hydrogen) atoms. The molecule has 1 nitrogen and oxygen atoms in total. The average molecular weight is 292 g/mol. The van der Waals surface area contributed by atoms with Crippen molar-refractivity contribution >= 4 is 11.8 Å². The van der Waals surface area contributed by atoms with E-state index in [1.807, 2.05) is 0 Å². The summed E-state index contributed by atoms with van der Waals surface area (Å²) in [6, 6.07) is 7.49. The molecular weight excluding hydrogens is 262 g/mol. The van der Waals surface area contributed by atoms with Crippen LogP contribution in [0, 0.1) is 25.7 Å². The third-order valence-corrected chi connectivity index (χ3v) is 6.22.